The fourth-order valence-corrected chi connectivity index (χ4v) is 5.38. The standard InChI is InChI=1S/C23H36F2O/c1-17-5-12-20(13-6-17)21-14-9-19(10-15-21)8-7-18-3-2-4-22(16-11-18)26-23(24)25/h11,16-17,19-21,23H,2-10,12-15H2,1H3. The van der Waals surface area contributed by atoms with Crippen LogP contribution >= 0.6 is 0 Å². The lowest BCUT2D eigenvalue weighted by atomic mass is 9.69. The molecule has 0 bridgehead atoms. The Morgan fingerprint density at radius 2 is 1.58 bits per heavy atom. The zero-order valence-electron chi connectivity index (χ0n) is 16.4. The lowest BCUT2D eigenvalue weighted by Crippen LogP contribution is -2.25. The SMILES string of the molecule is CC1CCC(C2CCC(CCC3=CC=C(OC(F)F)CCC3)CC2)CC1. The zero-order valence-corrected chi connectivity index (χ0v) is 16.4. The van der Waals surface area contributed by atoms with Gasteiger partial charge in [0.1, 0.15) is 5.76 Å². The predicted octanol–water partition coefficient (Wildman–Crippen LogP) is 7.63. The smallest absolute Gasteiger partial charge is 0.387 e. The normalized spacial score (nSPS) is 33.4. The Labute approximate surface area is 158 Å². The monoisotopic (exact) mass is 366 g/mol. The summed E-state index contributed by atoms with van der Waals surface area (Å²) in [5.41, 5.74) is 1.42. The zero-order chi connectivity index (χ0) is 18.4. The molecular weight excluding hydrogens is 330 g/mol. The largest absolute Gasteiger partial charge is 0.439 e. The molecule has 0 saturated heterocycles. The minimum atomic E-state index is -2.70. The van der Waals surface area contributed by atoms with E-state index < -0.39 is 6.61 Å². The third-order valence-corrected chi connectivity index (χ3v) is 7.16. The second-order valence-electron chi connectivity index (χ2n) is 9.03. The highest BCUT2D eigenvalue weighted by molar-refractivity contribution is 5.18. The van der Waals surface area contributed by atoms with Crippen molar-refractivity contribution in [2.24, 2.45) is 23.7 Å². The van der Waals surface area contributed by atoms with Gasteiger partial charge in [-0.1, -0.05) is 44.3 Å². The van der Waals surface area contributed by atoms with Crippen molar-refractivity contribution in [3.63, 3.8) is 0 Å². The average Bonchev–Trinajstić information content (AvgIpc) is 2.86. The number of hydrogen-bond donors (Lipinski definition) is 0. The fourth-order valence-electron chi connectivity index (χ4n) is 5.38. The molecule has 0 unspecified atom stereocenters. The average molecular weight is 367 g/mol. The number of rotatable bonds is 6. The van der Waals surface area contributed by atoms with Crippen molar-refractivity contribution in [3.05, 3.63) is 23.5 Å². The number of alkyl halides is 2. The van der Waals surface area contributed by atoms with Crippen LogP contribution in [0.1, 0.15) is 90.4 Å². The van der Waals surface area contributed by atoms with E-state index >= 15 is 0 Å². The summed E-state index contributed by atoms with van der Waals surface area (Å²) in [6.45, 7) is -0.286. The molecule has 0 spiro atoms. The third kappa shape index (κ3) is 6.09. The second kappa shape index (κ2) is 9.90. The Bertz CT molecular complexity index is 480. The number of ether oxygens (including phenoxy) is 1. The Balaban J connectivity index is 1.38. The maximum atomic E-state index is 12.3. The van der Waals surface area contributed by atoms with E-state index in [9.17, 15) is 8.78 Å². The summed E-state index contributed by atoms with van der Waals surface area (Å²) >= 11 is 0. The molecule has 0 aromatic carbocycles. The fraction of sp³-hybridized carbons (Fsp3) is 0.826. The molecule has 2 saturated carbocycles. The van der Waals surface area contributed by atoms with E-state index in [0.29, 0.717) is 12.2 Å². The van der Waals surface area contributed by atoms with Gasteiger partial charge in [0.2, 0.25) is 0 Å². The van der Waals surface area contributed by atoms with Gasteiger partial charge in [0, 0.05) is 6.42 Å². The van der Waals surface area contributed by atoms with Crippen molar-refractivity contribution >= 4 is 0 Å². The Morgan fingerprint density at radius 1 is 0.923 bits per heavy atom. The van der Waals surface area contributed by atoms with Crippen molar-refractivity contribution in [1.82, 2.24) is 0 Å². The van der Waals surface area contributed by atoms with Crippen LogP contribution in [-0.2, 0) is 4.74 Å². The first-order valence-electron chi connectivity index (χ1n) is 10.9. The van der Waals surface area contributed by atoms with Gasteiger partial charge in [-0.2, -0.15) is 8.78 Å². The van der Waals surface area contributed by atoms with Gasteiger partial charge < -0.3 is 4.74 Å². The summed E-state index contributed by atoms with van der Waals surface area (Å²) in [5.74, 6) is 4.27. The van der Waals surface area contributed by atoms with Crippen LogP contribution in [0.4, 0.5) is 8.78 Å². The number of allylic oxidation sites excluding steroid dienone is 4. The summed E-state index contributed by atoms with van der Waals surface area (Å²) in [6.07, 6.45) is 20.3. The van der Waals surface area contributed by atoms with E-state index in [1.54, 1.807) is 6.08 Å². The van der Waals surface area contributed by atoms with E-state index in [1.165, 1.54) is 63.4 Å². The van der Waals surface area contributed by atoms with E-state index in [1.807, 2.05) is 6.08 Å². The topological polar surface area (TPSA) is 9.23 Å². The van der Waals surface area contributed by atoms with Crippen LogP contribution in [0.15, 0.2) is 23.5 Å². The Morgan fingerprint density at radius 3 is 2.23 bits per heavy atom. The highest BCUT2D eigenvalue weighted by Crippen LogP contribution is 2.42. The van der Waals surface area contributed by atoms with Gasteiger partial charge in [-0.25, -0.2) is 0 Å². The molecule has 0 heterocycles. The Kier molecular flexibility index (Phi) is 7.57. The first-order valence-corrected chi connectivity index (χ1v) is 10.9. The molecule has 0 aromatic rings. The molecule has 1 nitrogen and oxygen atoms in total. The van der Waals surface area contributed by atoms with Crippen molar-refractivity contribution in [2.45, 2.75) is 97.0 Å². The summed E-state index contributed by atoms with van der Waals surface area (Å²) < 4.78 is 29.3. The molecule has 148 valence electrons. The van der Waals surface area contributed by atoms with E-state index in [0.717, 1.165) is 42.9 Å². The second-order valence-corrected chi connectivity index (χ2v) is 9.03. The van der Waals surface area contributed by atoms with Crippen molar-refractivity contribution < 1.29 is 13.5 Å². The highest BCUT2D eigenvalue weighted by Gasteiger charge is 2.29. The molecule has 26 heavy (non-hydrogen) atoms. The molecule has 3 aliphatic carbocycles. The van der Waals surface area contributed by atoms with Gasteiger partial charge in [-0.05, 0) is 81.1 Å². The van der Waals surface area contributed by atoms with Gasteiger partial charge in [0.05, 0.1) is 0 Å². The maximum Gasteiger partial charge on any atom is 0.387 e. The number of halogens is 2. The molecular formula is C23H36F2O. The van der Waals surface area contributed by atoms with E-state index in [-0.39, 0.29) is 0 Å². The van der Waals surface area contributed by atoms with Crippen LogP contribution in [0.5, 0.6) is 0 Å². The number of hydrogen-bond acceptors (Lipinski definition) is 1. The lowest BCUT2D eigenvalue weighted by Gasteiger charge is -2.37. The van der Waals surface area contributed by atoms with Gasteiger partial charge in [-0.15, -0.1) is 0 Å². The lowest BCUT2D eigenvalue weighted by molar-refractivity contribution is -0.0984. The van der Waals surface area contributed by atoms with E-state index in [4.69, 9.17) is 0 Å². The molecule has 0 amide bonds. The van der Waals surface area contributed by atoms with Crippen molar-refractivity contribution in [1.29, 1.82) is 0 Å². The Hall–Kier alpha value is -0.860. The van der Waals surface area contributed by atoms with Gasteiger partial charge in [0.25, 0.3) is 0 Å². The van der Waals surface area contributed by atoms with Crippen LogP contribution in [0.25, 0.3) is 0 Å². The molecule has 3 rings (SSSR count). The van der Waals surface area contributed by atoms with Crippen LogP contribution in [0, 0.1) is 23.7 Å². The van der Waals surface area contributed by atoms with Gasteiger partial charge in [0.15, 0.2) is 0 Å². The summed E-state index contributed by atoms with van der Waals surface area (Å²) in [4.78, 5) is 0. The summed E-state index contributed by atoms with van der Waals surface area (Å²) in [7, 11) is 0. The maximum absolute atomic E-state index is 12.3. The molecule has 2 fully saturated rings. The predicted molar refractivity (Wildman–Crippen MR) is 103 cm³/mol. The first kappa shape index (κ1) is 19.9. The van der Waals surface area contributed by atoms with Crippen molar-refractivity contribution in [3.8, 4) is 0 Å². The highest BCUT2D eigenvalue weighted by atomic mass is 19.3. The minimum absolute atomic E-state index is 0.442. The molecule has 3 aliphatic rings. The molecule has 0 radical (unpaired) electrons. The summed E-state index contributed by atoms with van der Waals surface area (Å²) in [5, 5.41) is 0. The molecule has 0 N–H and O–H groups in total. The molecule has 0 aromatic heterocycles. The quantitative estimate of drug-likeness (QED) is 0.469. The molecule has 0 atom stereocenters. The van der Waals surface area contributed by atoms with Crippen molar-refractivity contribution in [2.75, 3.05) is 0 Å². The minimum Gasteiger partial charge on any atom is -0.439 e. The van der Waals surface area contributed by atoms with E-state index in [2.05, 4.69) is 11.7 Å². The molecule has 3 heteroatoms. The van der Waals surface area contributed by atoms with Crippen LogP contribution in [-0.4, -0.2) is 6.61 Å². The third-order valence-electron chi connectivity index (χ3n) is 7.16. The first-order chi connectivity index (χ1) is 12.6. The van der Waals surface area contributed by atoms with Crippen LogP contribution < -0.4 is 0 Å². The van der Waals surface area contributed by atoms with Crippen LogP contribution in [0.2, 0.25) is 0 Å². The van der Waals surface area contributed by atoms with Gasteiger partial charge in [-0.3, -0.25) is 0 Å². The van der Waals surface area contributed by atoms with Gasteiger partial charge >= 0.3 is 6.61 Å². The molecule has 0 aliphatic heterocycles. The van der Waals surface area contributed by atoms with Crippen LogP contribution in [0.3, 0.4) is 0 Å². The summed E-state index contributed by atoms with van der Waals surface area (Å²) in [6, 6.07) is 0.